The molecule has 0 aromatic carbocycles. The molecule has 3 unspecified atom stereocenters. The van der Waals surface area contributed by atoms with Crippen LogP contribution >= 0.6 is 0 Å². The monoisotopic (exact) mass is 209 g/mol. The molecule has 0 bridgehead atoms. The van der Waals surface area contributed by atoms with E-state index in [0.717, 1.165) is 17.9 Å². The zero-order valence-electron chi connectivity index (χ0n) is 9.78. The Bertz CT molecular complexity index is 219. The molecule has 3 fully saturated rings. The zero-order valence-corrected chi connectivity index (χ0v) is 9.78. The average molecular weight is 209 g/mol. The molecule has 3 atom stereocenters. The Labute approximate surface area is 92.8 Å². The number of piperidine rings is 1. The van der Waals surface area contributed by atoms with E-state index in [1.807, 2.05) is 0 Å². The van der Waals surface area contributed by atoms with Crippen LogP contribution in [0.5, 0.6) is 0 Å². The molecule has 15 heavy (non-hydrogen) atoms. The molecule has 3 heterocycles. The van der Waals surface area contributed by atoms with Crippen molar-refractivity contribution in [3.05, 3.63) is 0 Å². The third-order valence-corrected chi connectivity index (χ3v) is 4.53. The van der Waals surface area contributed by atoms with Gasteiger partial charge in [-0.2, -0.15) is 0 Å². The fraction of sp³-hybridized carbons (Fsp3) is 1.00. The van der Waals surface area contributed by atoms with Crippen LogP contribution in [0.1, 0.15) is 12.8 Å². The lowest BCUT2D eigenvalue weighted by molar-refractivity contribution is 0.127. The van der Waals surface area contributed by atoms with Crippen LogP contribution in [0, 0.1) is 11.8 Å². The van der Waals surface area contributed by atoms with Gasteiger partial charge >= 0.3 is 0 Å². The highest BCUT2D eigenvalue weighted by Crippen LogP contribution is 2.29. The minimum absolute atomic E-state index is 0.856. The minimum Gasteiger partial charge on any atom is -0.316 e. The Balaban J connectivity index is 1.59. The predicted molar refractivity (Wildman–Crippen MR) is 61.9 cm³/mol. The van der Waals surface area contributed by atoms with Crippen LogP contribution in [0.15, 0.2) is 0 Å². The summed E-state index contributed by atoms with van der Waals surface area (Å²) in [5, 5.41) is 3.52. The third kappa shape index (κ3) is 1.93. The highest BCUT2D eigenvalue weighted by Gasteiger charge is 2.39. The molecule has 0 amide bonds. The van der Waals surface area contributed by atoms with Crippen molar-refractivity contribution in [1.29, 1.82) is 0 Å². The Morgan fingerprint density at radius 1 is 1.07 bits per heavy atom. The number of nitrogens with zero attached hydrogens (tertiary/aromatic N) is 2. The molecule has 3 nitrogen and oxygen atoms in total. The zero-order chi connectivity index (χ0) is 10.3. The largest absolute Gasteiger partial charge is 0.316 e. The summed E-state index contributed by atoms with van der Waals surface area (Å²) in [7, 11) is 2.27. The number of likely N-dealkylation sites (tertiary alicyclic amines) is 2. The lowest BCUT2D eigenvalue weighted by atomic mass is 10.0. The summed E-state index contributed by atoms with van der Waals surface area (Å²) in [4.78, 5) is 5.27. The third-order valence-electron chi connectivity index (χ3n) is 4.53. The molecular weight excluding hydrogens is 186 g/mol. The second-order valence-corrected chi connectivity index (χ2v) is 5.69. The maximum atomic E-state index is 3.52. The molecule has 0 spiro atoms. The molecule has 3 rings (SSSR count). The van der Waals surface area contributed by atoms with E-state index in [0.29, 0.717) is 0 Å². The van der Waals surface area contributed by atoms with Crippen LogP contribution in [0.3, 0.4) is 0 Å². The summed E-state index contributed by atoms with van der Waals surface area (Å²) in [5.74, 6) is 1.91. The van der Waals surface area contributed by atoms with Crippen molar-refractivity contribution in [2.45, 2.75) is 18.9 Å². The van der Waals surface area contributed by atoms with E-state index in [1.54, 1.807) is 0 Å². The fourth-order valence-corrected chi connectivity index (χ4v) is 3.63. The second kappa shape index (κ2) is 4.04. The van der Waals surface area contributed by atoms with Gasteiger partial charge < -0.3 is 10.2 Å². The predicted octanol–water partition coefficient (Wildman–Crippen LogP) is 0.232. The summed E-state index contributed by atoms with van der Waals surface area (Å²) < 4.78 is 0. The summed E-state index contributed by atoms with van der Waals surface area (Å²) >= 11 is 0. The van der Waals surface area contributed by atoms with Crippen LogP contribution in [0.4, 0.5) is 0 Å². The molecule has 0 aromatic rings. The van der Waals surface area contributed by atoms with Crippen LogP contribution in [0.25, 0.3) is 0 Å². The molecule has 0 radical (unpaired) electrons. The quantitative estimate of drug-likeness (QED) is 0.667. The van der Waals surface area contributed by atoms with Crippen molar-refractivity contribution >= 4 is 0 Å². The lowest BCUT2D eigenvalue weighted by Crippen LogP contribution is -2.46. The number of fused-ring (bicyclic) bond motifs is 1. The lowest BCUT2D eigenvalue weighted by Gasteiger charge is -2.36. The first-order valence-electron chi connectivity index (χ1n) is 6.46. The first-order chi connectivity index (χ1) is 7.33. The van der Waals surface area contributed by atoms with Gasteiger partial charge in [-0.15, -0.1) is 0 Å². The van der Waals surface area contributed by atoms with Crippen LogP contribution in [-0.4, -0.2) is 62.2 Å². The molecule has 3 heteroatoms. The fourth-order valence-electron chi connectivity index (χ4n) is 3.63. The molecule has 3 aliphatic rings. The van der Waals surface area contributed by atoms with Crippen LogP contribution in [0.2, 0.25) is 0 Å². The standard InChI is InChI=1S/C12H23N3/c1-14-4-2-3-12(9-14)15-7-10-5-13-6-11(10)8-15/h10-13H,2-9H2,1H3. The van der Waals surface area contributed by atoms with Crippen molar-refractivity contribution in [3.8, 4) is 0 Å². The smallest absolute Gasteiger partial charge is 0.0223 e. The van der Waals surface area contributed by atoms with E-state index in [4.69, 9.17) is 0 Å². The van der Waals surface area contributed by atoms with Crippen molar-refractivity contribution < 1.29 is 0 Å². The van der Waals surface area contributed by atoms with Gasteiger partial charge in [0.1, 0.15) is 0 Å². The number of hydrogen-bond acceptors (Lipinski definition) is 3. The number of nitrogens with one attached hydrogen (secondary N) is 1. The van der Waals surface area contributed by atoms with E-state index >= 15 is 0 Å². The van der Waals surface area contributed by atoms with E-state index < -0.39 is 0 Å². The molecule has 0 aromatic heterocycles. The van der Waals surface area contributed by atoms with Crippen molar-refractivity contribution in [1.82, 2.24) is 15.1 Å². The van der Waals surface area contributed by atoms with Gasteiger partial charge in [0.2, 0.25) is 0 Å². The minimum atomic E-state index is 0.856. The Morgan fingerprint density at radius 2 is 1.80 bits per heavy atom. The Morgan fingerprint density at radius 3 is 2.47 bits per heavy atom. The molecule has 1 N–H and O–H groups in total. The van der Waals surface area contributed by atoms with Gasteiger partial charge in [0.15, 0.2) is 0 Å². The number of rotatable bonds is 1. The highest BCUT2D eigenvalue weighted by atomic mass is 15.2. The molecule has 3 aliphatic heterocycles. The topological polar surface area (TPSA) is 18.5 Å². The van der Waals surface area contributed by atoms with Gasteiger partial charge in [-0.1, -0.05) is 0 Å². The van der Waals surface area contributed by atoms with Crippen LogP contribution in [-0.2, 0) is 0 Å². The average Bonchev–Trinajstić information content (AvgIpc) is 2.76. The van der Waals surface area contributed by atoms with Gasteiger partial charge in [-0.25, -0.2) is 0 Å². The van der Waals surface area contributed by atoms with Crippen LogP contribution < -0.4 is 5.32 Å². The first-order valence-corrected chi connectivity index (χ1v) is 6.46. The highest BCUT2D eigenvalue weighted by molar-refractivity contribution is 4.94. The summed E-state index contributed by atoms with van der Waals surface area (Å²) in [6.45, 7) is 7.85. The van der Waals surface area contributed by atoms with Gasteiger partial charge in [0.25, 0.3) is 0 Å². The maximum absolute atomic E-state index is 3.52. The van der Waals surface area contributed by atoms with E-state index in [-0.39, 0.29) is 0 Å². The normalized spacial score (nSPS) is 43.4. The number of hydrogen-bond donors (Lipinski definition) is 1. The molecule has 0 aliphatic carbocycles. The SMILES string of the molecule is CN1CCCC(N2CC3CNCC3C2)C1. The molecule has 0 saturated carbocycles. The van der Waals surface area contributed by atoms with Gasteiger partial charge in [0, 0.05) is 25.7 Å². The van der Waals surface area contributed by atoms with Crippen molar-refractivity contribution in [2.75, 3.05) is 46.3 Å². The summed E-state index contributed by atoms with van der Waals surface area (Å²) in [5.41, 5.74) is 0. The molecule has 3 saturated heterocycles. The van der Waals surface area contributed by atoms with Crippen molar-refractivity contribution in [3.63, 3.8) is 0 Å². The molecular formula is C12H23N3. The van der Waals surface area contributed by atoms with E-state index in [9.17, 15) is 0 Å². The Kier molecular flexibility index (Phi) is 2.71. The van der Waals surface area contributed by atoms with Gasteiger partial charge in [-0.05, 0) is 51.4 Å². The van der Waals surface area contributed by atoms with Gasteiger partial charge in [0.05, 0.1) is 0 Å². The molecule has 86 valence electrons. The summed E-state index contributed by atoms with van der Waals surface area (Å²) in [6, 6.07) is 0.856. The first kappa shape index (κ1) is 10.1. The second-order valence-electron chi connectivity index (χ2n) is 5.69. The van der Waals surface area contributed by atoms with E-state index in [1.165, 1.54) is 52.1 Å². The van der Waals surface area contributed by atoms with Gasteiger partial charge in [-0.3, -0.25) is 4.90 Å². The van der Waals surface area contributed by atoms with E-state index in [2.05, 4.69) is 22.2 Å². The Hall–Kier alpha value is -0.120. The maximum Gasteiger partial charge on any atom is 0.0223 e. The summed E-state index contributed by atoms with van der Waals surface area (Å²) in [6.07, 6.45) is 2.82. The number of likely N-dealkylation sites (N-methyl/N-ethyl adjacent to an activating group) is 1. The van der Waals surface area contributed by atoms with Crippen molar-refractivity contribution in [2.24, 2.45) is 11.8 Å².